The molecule has 0 aliphatic heterocycles. The van der Waals surface area contributed by atoms with Crippen molar-refractivity contribution in [2.24, 2.45) is 0 Å². The number of hydrogen-bond acceptors (Lipinski definition) is 2. The summed E-state index contributed by atoms with van der Waals surface area (Å²) >= 11 is 10.4. The Morgan fingerprint density at radius 2 is 1.92 bits per heavy atom. The highest BCUT2D eigenvalue weighted by Gasteiger charge is 2.11. The van der Waals surface area contributed by atoms with Gasteiger partial charge in [0.25, 0.3) is 0 Å². The molecule has 0 aromatic heterocycles. The third-order valence-corrected chi connectivity index (χ3v) is 4.02. The maximum Gasteiger partial charge on any atom is 0.387 e. The maximum atomic E-state index is 11.8. The molecule has 0 bridgehead atoms. The van der Waals surface area contributed by atoms with Crippen LogP contribution < -0.4 is 4.74 Å². The molecule has 0 spiro atoms. The second kappa shape index (κ2) is 4.61. The lowest BCUT2D eigenvalue weighted by atomic mass is 10.3. The Hall–Kier alpha value is 0.190. The first-order chi connectivity index (χ1) is 6.02. The fourth-order valence-corrected chi connectivity index (χ4v) is 1.77. The van der Waals surface area contributed by atoms with Crippen LogP contribution in [0.3, 0.4) is 0 Å². The highest BCUT2D eigenvalue weighted by molar-refractivity contribution is 9.13. The van der Waals surface area contributed by atoms with Crippen LogP contribution in [0.15, 0.2) is 26.0 Å². The molecule has 0 unspecified atom stereocenters. The second-order valence-electron chi connectivity index (χ2n) is 2.09. The fourth-order valence-electron chi connectivity index (χ4n) is 0.713. The van der Waals surface area contributed by atoms with E-state index in [1.165, 1.54) is 6.07 Å². The predicted molar refractivity (Wildman–Crippen MR) is 55.7 cm³/mol. The number of halogens is 4. The molecule has 0 saturated heterocycles. The molecule has 0 aliphatic rings. The zero-order valence-electron chi connectivity index (χ0n) is 6.10. The molecule has 0 radical (unpaired) electrons. The summed E-state index contributed by atoms with van der Waals surface area (Å²) in [4.78, 5) is 0.342. The number of rotatable bonds is 2. The van der Waals surface area contributed by atoms with E-state index in [2.05, 4.69) is 49.2 Å². The minimum Gasteiger partial charge on any atom is -0.434 e. The molecule has 0 saturated carbocycles. The quantitative estimate of drug-likeness (QED) is 0.802. The van der Waals surface area contributed by atoms with Gasteiger partial charge in [-0.05, 0) is 44.0 Å². The minimum absolute atomic E-state index is 0.0495. The molecule has 1 nitrogen and oxygen atoms in total. The Bertz CT molecular complexity index is 320. The first kappa shape index (κ1) is 11.3. The Labute approximate surface area is 96.1 Å². The van der Waals surface area contributed by atoms with Gasteiger partial charge in [-0.25, -0.2) is 0 Å². The summed E-state index contributed by atoms with van der Waals surface area (Å²) in [6.07, 6.45) is 0. The number of thiol groups is 1. The molecule has 0 fully saturated rings. The van der Waals surface area contributed by atoms with Crippen molar-refractivity contribution in [1.29, 1.82) is 0 Å². The van der Waals surface area contributed by atoms with Crippen LogP contribution in [-0.4, -0.2) is 6.61 Å². The number of alkyl halides is 2. The van der Waals surface area contributed by atoms with Gasteiger partial charge < -0.3 is 4.74 Å². The summed E-state index contributed by atoms with van der Waals surface area (Å²) in [5, 5.41) is 0. The molecule has 0 aliphatic carbocycles. The van der Waals surface area contributed by atoms with Crippen LogP contribution in [0.25, 0.3) is 0 Å². The van der Waals surface area contributed by atoms with Gasteiger partial charge in [-0.2, -0.15) is 8.78 Å². The Balaban J connectivity index is 3.04. The lowest BCUT2D eigenvalue weighted by Crippen LogP contribution is -2.02. The molecule has 13 heavy (non-hydrogen) atoms. The SMILES string of the molecule is FC(F)Oc1ccc(Br)c(Br)c1S. The van der Waals surface area contributed by atoms with Crippen LogP contribution in [0, 0.1) is 0 Å². The van der Waals surface area contributed by atoms with Crippen molar-refractivity contribution in [3.05, 3.63) is 21.1 Å². The van der Waals surface area contributed by atoms with Crippen molar-refractivity contribution in [2.75, 3.05) is 0 Å². The molecule has 0 atom stereocenters. The van der Waals surface area contributed by atoms with E-state index in [0.717, 1.165) is 4.47 Å². The molecule has 1 aromatic rings. The van der Waals surface area contributed by atoms with E-state index in [4.69, 9.17) is 0 Å². The zero-order chi connectivity index (χ0) is 10.0. The van der Waals surface area contributed by atoms with E-state index in [1.807, 2.05) is 0 Å². The number of hydrogen-bond donors (Lipinski definition) is 1. The van der Waals surface area contributed by atoms with Crippen LogP contribution in [0.5, 0.6) is 5.75 Å². The van der Waals surface area contributed by atoms with Gasteiger partial charge in [0.1, 0.15) is 5.75 Å². The monoisotopic (exact) mass is 332 g/mol. The topological polar surface area (TPSA) is 9.23 Å². The van der Waals surface area contributed by atoms with Crippen LogP contribution in [0.1, 0.15) is 0 Å². The van der Waals surface area contributed by atoms with Gasteiger partial charge in [-0.15, -0.1) is 12.6 Å². The second-order valence-corrected chi connectivity index (χ2v) is 4.18. The summed E-state index contributed by atoms with van der Waals surface area (Å²) in [6.45, 7) is -2.83. The van der Waals surface area contributed by atoms with Crippen LogP contribution in [0.4, 0.5) is 8.78 Å². The van der Waals surface area contributed by atoms with Crippen molar-refractivity contribution in [2.45, 2.75) is 11.5 Å². The largest absolute Gasteiger partial charge is 0.434 e. The highest BCUT2D eigenvalue weighted by atomic mass is 79.9. The van der Waals surface area contributed by atoms with Crippen molar-refractivity contribution < 1.29 is 13.5 Å². The van der Waals surface area contributed by atoms with Gasteiger partial charge in [-0.1, -0.05) is 0 Å². The average Bonchev–Trinajstić information content (AvgIpc) is 2.06. The van der Waals surface area contributed by atoms with Crippen LogP contribution in [0.2, 0.25) is 0 Å². The van der Waals surface area contributed by atoms with Gasteiger partial charge >= 0.3 is 6.61 Å². The molecule has 6 heteroatoms. The van der Waals surface area contributed by atoms with Crippen molar-refractivity contribution in [3.63, 3.8) is 0 Å². The summed E-state index contributed by atoms with van der Waals surface area (Å²) in [5.74, 6) is 0.0495. The normalized spacial score (nSPS) is 10.6. The molecule has 1 aromatic carbocycles. The standard InChI is InChI=1S/C7H4Br2F2OS/c8-3-1-2-4(12-7(10)11)6(13)5(3)9/h1-2,7,13H. The molecular weight excluding hydrogens is 330 g/mol. The summed E-state index contributed by atoms with van der Waals surface area (Å²) in [6, 6.07) is 3.02. The van der Waals surface area contributed by atoms with E-state index < -0.39 is 6.61 Å². The van der Waals surface area contributed by atoms with Gasteiger partial charge in [-0.3, -0.25) is 0 Å². The average molecular weight is 334 g/mol. The Morgan fingerprint density at radius 3 is 2.46 bits per heavy atom. The molecule has 0 N–H and O–H groups in total. The maximum absolute atomic E-state index is 11.8. The smallest absolute Gasteiger partial charge is 0.387 e. The van der Waals surface area contributed by atoms with Crippen LogP contribution in [-0.2, 0) is 0 Å². The third-order valence-electron chi connectivity index (χ3n) is 1.25. The van der Waals surface area contributed by atoms with E-state index >= 15 is 0 Å². The van der Waals surface area contributed by atoms with Crippen LogP contribution >= 0.6 is 44.5 Å². The van der Waals surface area contributed by atoms with Crippen molar-refractivity contribution >= 4 is 44.5 Å². The van der Waals surface area contributed by atoms with Crippen molar-refractivity contribution in [1.82, 2.24) is 0 Å². The first-order valence-electron chi connectivity index (χ1n) is 3.14. The summed E-state index contributed by atoms with van der Waals surface area (Å²) in [5.41, 5.74) is 0. The molecule has 0 heterocycles. The van der Waals surface area contributed by atoms with E-state index in [1.54, 1.807) is 6.07 Å². The van der Waals surface area contributed by atoms with E-state index in [0.29, 0.717) is 9.37 Å². The first-order valence-corrected chi connectivity index (χ1v) is 5.17. The third kappa shape index (κ3) is 2.82. The number of ether oxygens (including phenoxy) is 1. The molecule has 72 valence electrons. The van der Waals surface area contributed by atoms with E-state index in [-0.39, 0.29) is 5.75 Å². The van der Waals surface area contributed by atoms with E-state index in [9.17, 15) is 8.78 Å². The summed E-state index contributed by atoms with van der Waals surface area (Å²) in [7, 11) is 0. The number of benzene rings is 1. The summed E-state index contributed by atoms with van der Waals surface area (Å²) < 4.78 is 29.2. The minimum atomic E-state index is -2.83. The Kier molecular flexibility index (Phi) is 4.00. The highest BCUT2D eigenvalue weighted by Crippen LogP contribution is 2.36. The molecule has 1 rings (SSSR count). The lowest BCUT2D eigenvalue weighted by Gasteiger charge is -2.09. The van der Waals surface area contributed by atoms with Gasteiger partial charge in [0.2, 0.25) is 0 Å². The fraction of sp³-hybridized carbons (Fsp3) is 0.143. The Morgan fingerprint density at radius 1 is 1.31 bits per heavy atom. The van der Waals surface area contributed by atoms with Gasteiger partial charge in [0, 0.05) is 8.95 Å². The molecule has 0 amide bonds. The van der Waals surface area contributed by atoms with Crippen molar-refractivity contribution in [3.8, 4) is 5.75 Å². The predicted octanol–water partition coefficient (Wildman–Crippen LogP) is 4.10. The zero-order valence-corrected chi connectivity index (χ0v) is 10.2. The molecular formula is C7H4Br2F2OS. The van der Waals surface area contributed by atoms with Gasteiger partial charge in [0.05, 0.1) is 4.90 Å². The lowest BCUT2D eigenvalue weighted by molar-refractivity contribution is -0.0517. The van der Waals surface area contributed by atoms with Gasteiger partial charge in [0.15, 0.2) is 0 Å².